The van der Waals surface area contributed by atoms with Gasteiger partial charge in [0, 0.05) is 5.92 Å². The summed E-state index contributed by atoms with van der Waals surface area (Å²) in [6, 6.07) is 3.69. The summed E-state index contributed by atoms with van der Waals surface area (Å²) < 4.78 is 0. The third kappa shape index (κ3) is 2.48. The highest BCUT2D eigenvalue weighted by Crippen LogP contribution is 2.29. The number of nitrogens with one attached hydrogen (secondary N) is 2. The normalized spacial score (nSPS) is 17.1. The van der Waals surface area contributed by atoms with Crippen molar-refractivity contribution in [3.05, 3.63) is 23.3 Å². The molecule has 2 rings (SSSR count). The van der Waals surface area contributed by atoms with E-state index in [1.807, 2.05) is 26.8 Å². The van der Waals surface area contributed by atoms with Crippen LogP contribution in [0.1, 0.15) is 18.1 Å². The summed E-state index contributed by atoms with van der Waals surface area (Å²) >= 11 is 0. The second kappa shape index (κ2) is 4.98. The Morgan fingerprint density at radius 2 is 2.11 bits per heavy atom. The molecule has 1 aromatic carbocycles. The molecule has 18 heavy (non-hydrogen) atoms. The molecule has 1 heterocycles. The molecular formula is C14H20N2O2. The van der Waals surface area contributed by atoms with Crippen LogP contribution in [0.5, 0.6) is 5.75 Å². The minimum absolute atomic E-state index is 0.0261. The van der Waals surface area contributed by atoms with Crippen molar-refractivity contribution < 1.29 is 9.90 Å². The van der Waals surface area contributed by atoms with Gasteiger partial charge in [-0.3, -0.25) is 4.79 Å². The van der Waals surface area contributed by atoms with E-state index < -0.39 is 0 Å². The van der Waals surface area contributed by atoms with Gasteiger partial charge in [0.15, 0.2) is 0 Å². The Morgan fingerprint density at radius 1 is 1.44 bits per heavy atom. The topological polar surface area (TPSA) is 61.4 Å². The van der Waals surface area contributed by atoms with E-state index in [-0.39, 0.29) is 17.6 Å². The maximum Gasteiger partial charge on any atom is 0.227 e. The first-order chi connectivity index (χ1) is 8.49. The van der Waals surface area contributed by atoms with Crippen LogP contribution in [0.2, 0.25) is 0 Å². The Kier molecular flexibility index (Phi) is 3.57. The van der Waals surface area contributed by atoms with Gasteiger partial charge in [-0.1, -0.05) is 13.0 Å². The van der Waals surface area contributed by atoms with E-state index in [2.05, 4.69) is 10.6 Å². The number of phenols is 1. The molecule has 0 saturated carbocycles. The lowest BCUT2D eigenvalue weighted by atomic mass is 9.88. The monoisotopic (exact) mass is 248 g/mol. The molecule has 4 nitrogen and oxygen atoms in total. The van der Waals surface area contributed by atoms with E-state index in [1.54, 1.807) is 6.07 Å². The third-order valence-electron chi connectivity index (χ3n) is 3.64. The molecule has 0 aliphatic carbocycles. The lowest BCUT2D eigenvalue weighted by Gasteiger charge is -2.31. The second-order valence-corrected chi connectivity index (χ2v) is 5.17. The number of hydrogen-bond donors (Lipinski definition) is 3. The van der Waals surface area contributed by atoms with Crippen molar-refractivity contribution >= 4 is 11.6 Å². The molecule has 1 aliphatic heterocycles. The van der Waals surface area contributed by atoms with E-state index in [0.29, 0.717) is 11.6 Å². The molecule has 98 valence electrons. The van der Waals surface area contributed by atoms with Crippen LogP contribution in [-0.2, 0) is 4.79 Å². The van der Waals surface area contributed by atoms with E-state index in [9.17, 15) is 9.90 Å². The summed E-state index contributed by atoms with van der Waals surface area (Å²) in [5.74, 6) is 0.499. The maximum atomic E-state index is 12.1. The number of amides is 1. The number of rotatable bonds is 3. The zero-order valence-corrected chi connectivity index (χ0v) is 11.1. The van der Waals surface area contributed by atoms with Crippen molar-refractivity contribution in [1.82, 2.24) is 5.32 Å². The number of benzene rings is 1. The largest absolute Gasteiger partial charge is 0.505 e. The van der Waals surface area contributed by atoms with Crippen molar-refractivity contribution in [3.63, 3.8) is 0 Å². The highest BCUT2D eigenvalue weighted by Gasteiger charge is 2.29. The molecule has 1 saturated heterocycles. The van der Waals surface area contributed by atoms with Crippen LogP contribution in [0.4, 0.5) is 5.69 Å². The van der Waals surface area contributed by atoms with Crippen LogP contribution in [0.25, 0.3) is 0 Å². The van der Waals surface area contributed by atoms with Crippen molar-refractivity contribution in [2.24, 2.45) is 11.8 Å². The molecule has 0 radical (unpaired) electrons. The predicted molar refractivity (Wildman–Crippen MR) is 71.7 cm³/mol. The Morgan fingerprint density at radius 3 is 2.67 bits per heavy atom. The predicted octanol–water partition coefficient (Wildman–Crippen LogP) is 1.80. The van der Waals surface area contributed by atoms with E-state index in [4.69, 9.17) is 0 Å². The number of hydrogen-bond acceptors (Lipinski definition) is 3. The van der Waals surface area contributed by atoms with E-state index in [1.165, 1.54) is 0 Å². The van der Waals surface area contributed by atoms with Gasteiger partial charge in [0.2, 0.25) is 5.91 Å². The second-order valence-electron chi connectivity index (χ2n) is 5.17. The van der Waals surface area contributed by atoms with Gasteiger partial charge >= 0.3 is 0 Å². The number of anilines is 1. The lowest BCUT2D eigenvalue weighted by molar-refractivity contribution is -0.121. The first-order valence-corrected chi connectivity index (χ1v) is 6.31. The van der Waals surface area contributed by atoms with Gasteiger partial charge in [-0.25, -0.2) is 0 Å². The fourth-order valence-corrected chi connectivity index (χ4v) is 2.18. The molecule has 4 heteroatoms. The zero-order chi connectivity index (χ0) is 13.3. The van der Waals surface area contributed by atoms with Crippen molar-refractivity contribution in [3.8, 4) is 5.75 Å². The number of carbonyl (C=O) groups excluding carboxylic acids is 1. The Bertz CT molecular complexity index is 467. The summed E-state index contributed by atoms with van der Waals surface area (Å²) in [7, 11) is 0. The summed E-state index contributed by atoms with van der Waals surface area (Å²) in [6.07, 6.45) is 0. The minimum Gasteiger partial charge on any atom is -0.505 e. The SMILES string of the molecule is Cc1cc(C)c(O)c(NC(=O)C(C)C2CNC2)c1. The van der Waals surface area contributed by atoms with Crippen LogP contribution in [-0.4, -0.2) is 24.1 Å². The molecule has 1 unspecified atom stereocenters. The highest BCUT2D eigenvalue weighted by atomic mass is 16.3. The summed E-state index contributed by atoms with van der Waals surface area (Å²) in [6.45, 7) is 7.50. The van der Waals surface area contributed by atoms with Gasteiger partial charge in [0.05, 0.1) is 5.69 Å². The average molecular weight is 248 g/mol. The summed E-state index contributed by atoms with van der Waals surface area (Å²) in [4.78, 5) is 12.1. The molecule has 1 aromatic rings. The van der Waals surface area contributed by atoms with Gasteiger partial charge in [-0.2, -0.15) is 0 Å². The molecule has 1 amide bonds. The van der Waals surface area contributed by atoms with Crippen molar-refractivity contribution in [2.75, 3.05) is 18.4 Å². The summed E-state index contributed by atoms with van der Waals surface area (Å²) in [5.41, 5.74) is 2.32. The fraction of sp³-hybridized carbons (Fsp3) is 0.500. The fourth-order valence-electron chi connectivity index (χ4n) is 2.18. The standard InChI is InChI=1S/C14H20N2O2/c1-8-4-9(2)13(17)12(5-8)16-14(18)10(3)11-6-15-7-11/h4-5,10-11,15,17H,6-7H2,1-3H3,(H,16,18). The molecule has 0 aromatic heterocycles. The number of aromatic hydroxyl groups is 1. The van der Waals surface area contributed by atoms with Gasteiger partial charge in [-0.15, -0.1) is 0 Å². The van der Waals surface area contributed by atoms with Crippen LogP contribution < -0.4 is 10.6 Å². The van der Waals surface area contributed by atoms with Crippen LogP contribution >= 0.6 is 0 Å². The van der Waals surface area contributed by atoms with Crippen LogP contribution in [0, 0.1) is 25.7 Å². The minimum atomic E-state index is -0.0357. The number of phenolic OH excluding ortho intramolecular Hbond substituents is 1. The van der Waals surface area contributed by atoms with E-state index in [0.717, 1.165) is 24.2 Å². The third-order valence-corrected chi connectivity index (χ3v) is 3.64. The number of carbonyl (C=O) groups is 1. The first kappa shape index (κ1) is 12.9. The molecule has 1 atom stereocenters. The Labute approximate surface area is 107 Å². The van der Waals surface area contributed by atoms with Crippen LogP contribution in [0.15, 0.2) is 12.1 Å². The van der Waals surface area contributed by atoms with Gasteiger partial charge in [-0.05, 0) is 50.0 Å². The molecular weight excluding hydrogens is 228 g/mol. The van der Waals surface area contributed by atoms with Crippen LogP contribution in [0.3, 0.4) is 0 Å². The number of aryl methyl sites for hydroxylation is 2. The Balaban J connectivity index is 2.11. The molecule has 1 aliphatic rings. The lowest BCUT2D eigenvalue weighted by Crippen LogP contribution is -2.48. The smallest absolute Gasteiger partial charge is 0.227 e. The molecule has 3 N–H and O–H groups in total. The molecule has 0 bridgehead atoms. The van der Waals surface area contributed by atoms with Gasteiger partial charge in [0.1, 0.15) is 5.75 Å². The highest BCUT2D eigenvalue weighted by molar-refractivity contribution is 5.94. The first-order valence-electron chi connectivity index (χ1n) is 6.31. The van der Waals surface area contributed by atoms with E-state index >= 15 is 0 Å². The zero-order valence-electron chi connectivity index (χ0n) is 11.1. The Hall–Kier alpha value is -1.55. The van der Waals surface area contributed by atoms with Gasteiger partial charge < -0.3 is 15.7 Å². The average Bonchev–Trinajstić information content (AvgIpc) is 2.22. The maximum absolute atomic E-state index is 12.1. The molecule has 1 fully saturated rings. The quantitative estimate of drug-likeness (QED) is 0.715. The summed E-state index contributed by atoms with van der Waals surface area (Å²) in [5, 5.41) is 15.9. The van der Waals surface area contributed by atoms with Crippen molar-refractivity contribution in [2.45, 2.75) is 20.8 Å². The molecule has 0 spiro atoms. The van der Waals surface area contributed by atoms with Crippen molar-refractivity contribution in [1.29, 1.82) is 0 Å². The van der Waals surface area contributed by atoms with Gasteiger partial charge in [0.25, 0.3) is 0 Å².